The first-order chi connectivity index (χ1) is 7.57. The molecule has 0 aromatic heterocycles. The van der Waals surface area contributed by atoms with Crippen LogP contribution in [0.15, 0.2) is 0 Å². The molecule has 3 heteroatoms. The van der Waals surface area contributed by atoms with Crippen molar-refractivity contribution in [3.63, 3.8) is 0 Å². The molecule has 0 aliphatic carbocycles. The van der Waals surface area contributed by atoms with Gasteiger partial charge in [-0.05, 0) is 32.7 Å². The van der Waals surface area contributed by atoms with Crippen molar-refractivity contribution in [2.45, 2.75) is 57.7 Å². The van der Waals surface area contributed by atoms with Crippen molar-refractivity contribution in [2.75, 3.05) is 26.2 Å². The molecule has 2 rings (SSSR count). The summed E-state index contributed by atoms with van der Waals surface area (Å²) in [5.41, 5.74) is 0.132. The van der Waals surface area contributed by atoms with Gasteiger partial charge in [-0.2, -0.15) is 0 Å². The molecule has 3 nitrogen and oxygen atoms in total. The molecule has 2 heterocycles. The van der Waals surface area contributed by atoms with Gasteiger partial charge in [0, 0.05) is 31.8 Å². The zero-order valence-electron chi connectivity index (χ0n) is 11.0. The average Bonchev–Trinajstić information content (AvgIpc) is 2.75. The molecule has 0 amide bonds. The largest absolute Gasteiger partial charge is 0.374 e. The third-order valence-corrected chi connectivity index (χ3v) is 3.70. The Hall–Kier alpha value is -0.120. The zero-order valence-corrected chi connectivity index (χ0v) is 11.0. The fourth-order valence-corrected chi connectivity index (χ4v) is 3.02. The Bertz CT molecular complexity index is 224. The van der Waals surface area contributed by atoms with Gasteiger partial charge in [-0.1, -0.05) is 13.8 Å². The van der Waals surface area contributed by atoms with Crippen LogP contribution in [0.5, 0.6) is 0 Å². The molecule has 2 saturated heterocycles. The van der Waals surface area contributed by atoms with E-state index in [1.54, 1.807) is 0 Å². The van der Waals surface area contributed by atoms with E-state index in [9.17, 15) is 0 Å². The van der Waals surface area contributed by atoms with Crippen LogP contribution in [0.2, 0.25) is 0 Å². The quantitative estimate of drug-likeness (QED) is 0.788. The summed E-state index contributed by atoms with van der Waals surface area (Å²) in [7, 11) is 0. The molecule has 1 N–H and O–H groups in total. The lowest BCUT2D eigenvalue weighted by atomic mass is 10.0. The van der Waals surface area contributed by atoms with E-state index in [2.05, 4.69) is 31.0 Å². The molecule has 2 unspecified atom stereocenters. The lowest BCUT2D eigenvalue weighted by Gasteiger charge is -2.29. The summed E-state index contributed by atoms with van der Waals surface area (Å²) in [6, 6.07) is 1.29. The van der Waals surface area contributed by atoms with Gasteiger partial charge < -0.3 is 10.1 Å². The Balaban J connectivity index is 1.76. The number of hydrogen-bond donors (Lipinski definition) is 1. The van der Waals surface area contributed by atoms with E-state index in [1.165, 1.54) is 32.4 Å². The van der Waals surface area contributed by atoms with Gasteiger partial charge in [-0.3, -0.25) is 4.90 Å². The molecule has 0 saturated carbocycles. The summed E-state index contributed by atoms with van der Waals surface area (Å²) in [5.74, 6) is 0. The molecule has 2 fully saturated rings. The number of rotatable bonds is 4. The van der Waals surface area contributed by atoms with Gasteiger partial charge in [0.05, 0.1) is 5.60 Å². The highest BCUT2D eigenvalue weighted by Crippen LogP contribution is 2.27. The van der Waals surface area contributed by atoms with E-state index in [4.69, 9.17) is 4.74 Å². The van der Waals surface area contributed by atoms with Crippen molar-refractivity contribution in [2.24, 2.45) is 0 Å². The third kappa shape index (κ3) is 3.19. The predicted molar refractivity (Wildman–Crippen MR) is 66.7 cm³/mol. The maximum atomic E-state index is 5.86. The lowest BCUT2D eigenvalue weighted by molar-refractivity contribution is -0.00439. The molecule has 2 atom stereocenters. The van der Waals surface area contributed by atoms with E-state index in [0.29, 0.717) is 12.1 Å². The van der Waals surface area contributed by atoms with Crippen LogP contribution in [-0.4, -0.2) is 48.8 Å². The monoisotopic (exact) mass is 226 g/mol. The standard InChI is InChI=1S/C13H26N2O/c1-11(2)14-12-5-7-15(9-12)10-13(3)6-4-8-16-13/h11-12,14H,4-10H2,1-3H3. The number of nitrogens with zero attached hydrogens (tertiary/aromatic N) is 1. The van der Waals surface area contributed by atoms with Crippen LogP contribution >= 0.6 is 0 Å². The first-order valence-electron chi connectivity index (χ1n) is 6.70. The van der Waals surface area contributed by atoms with Crippen molar-refractivity contribution in [3.05, 3.63) is 0 Å². The molecule has 0 aromatic carbocycles. The summed E-state index contributed by atoms with van der Waals surface area (Å²) in [6.45, 7) is 11.2. The van der Waals surface area contributed by atoms with Gasteiger partial charge >= 0.3 is 0 Å². The molecule has 2 aliphatic rings. The van der Waals surface area contributed by atoms with Crippen LogP contribution in [0.3, 0.4) is 0 Å². The van der Waals surface area contributed by atoms with E-state index >= 15 is 0 Å². The Labute approximate surface area is 99.5 Å². The van der Waals surface area contributed by atoms with E-state index in [-0.39, 0.29) is 5.60 Å². The SMILES string of the molecule is CC(C)NC1CCN(CC2(C)CCCO2)C1. The van der Waals surface area contributed by atoms with Crippen LogP contribution in [0.4, 0.5) is 0 Å². The fourth-order valence-electron chi connectivity index (χ4n) is 3.02. The van der Waals surface area contributed by atoms with Crippen molar-refractivity contribution in [1.29, 1.82) is 0 Å². The second-order valence-corrected chi connectivity index (χ2v) is 5.94. The second-order valence-electron chi connectivity index (χ2n) is 5.94. The fraction of sp³-hybridized carbons (Fsp3) is 1.00. The van der Waals surface area contributed by atoms with Gasteiger partial charge in [-0.15, -0.1) is 0 Å². The molecule has 16 heavy (non-hydrogen) atoms. The first kappa shape index (κ1) is 12.3. The van der Waals surface area contributed by atoms with Crippen LogP contribution in [0, 0.1) is 0 Å². The van der Waals surface area contributed by atoms with Crippen molar-refractivity contribution in [3.8, 4) is 0 Å². The van der Waals surface area contributed by atoms with Crippen LogP contribution in [-0.2, 0) is 4.74 Å². The number of ether oxygens (including phenoxy) is 1. The Morgan fingerprint density at radius 1 is 1.50 bits per heavy atom. The molecule has 2 aliphatic heterocycles. The molecule has 0 bridgehead atoms. The van der Waals surface area contributed by atoms with E-state index < -0.39 is 0 Å². The normalized spacial score (nSPS) is 36.4. The highest BCUT2D eigenvalue weighted by atomic mass is 16.5. The minimum absolute atomic E-state index is 0.132. The van der Waals surface area contributed by atoms with Crippen molar-refractivity contribution >= 4 is 0 Å². The topological polar surface area (TPSA) is 24.5 Å². The Kier molecular flexibility index (Phi) is 3.88. The Morgan fingerprint density at radius 2 is 2.31 bits per heavy atom. The van der Waals surface area contributed by atoms with E-state index in [0.717, 1.165) is 13.2 Å². The van der Waals surface area contributed by atoms with Gasteiger partial charge in [0.1, 0.15) is 0 Å². The maximum absolute atomic E-state index is 5.86. The molecular formula is C13H26N2O. The molecule has 0 aromatic rings. The van der Waals surface area contributed by atoms with Gasteiger partial charge in [-0.25, -0.2) is 0 Å². The lowest BCUT2D eigenvalue weighted by Crippen LogP contribution is -2.42. The summed E-state index contributed by atoms with van der Waals surface area (Å²) in [4.78, 5) is 2.56. The minimum atomic E-state index is 0.132. The second kappa shape index (κ2) is 5.03. The highest BCUT2D eigenvalue weighted by Gasteiger charge is 2.34. The van der Waals surface area contributed by atoms with E-state index in [1.807, 2.05) is 0 Å². The maximum Gasteiger partial charge on any atom is 0.0781 e. The smallest absolute Gasteiger partial charge is 0.0781 e. The summed E-state index contributed by atoms with van der Waals surface area (Å²) in [5, 5.41) is 3.63. The van der Waals surface area contributed by atoms with Crippen LogP contribution in [0.1, 0.15) is 40.0 Å². The zero-order chi connectivity index (χ0) is 11.6. The van der Waals surface area contributed by atoms with Crippen molar-refractivity contribution in [1.82, 2.24) is 10.2 Å². The first-order valence-corrected chi connectivity index (χ1v) is 6.70. The minimum Gasteiger partial charge on any atom is -0.374 e. The van der Waals surface area contributed by atoms with Crippen LogP contribution in [0.25, 0.3) is 0 Å². The highest BCUT2D eigenvalue weighted by molar-refractivity contribution is 4.89. The number of hydrogen-bond acceptors (Lipinski definition) is 3. The molecule has 94 valence electrons. The molecule has 0 spiro atoms. The summed E-state index contributed by atoms with van der Waals surface area (Å²) >= 11 is 0. The number of nitrogens with one attached hydrogen (secondary N) is 1. The average molecular weight is 226 g/mol. The summed E-state index contributed by atoms with van der Waals surface area (Å²) in [6.07, 6.45) is 3.75. The molecule has 0 radical (unpaired) electrons. The third-order valence-electron chi connectivity index (χ3n) is 3.70. The summed E-state index contributed by atoms with van der Waals surface area (Å²) < 4.78 is 5.86. The predicted octanol–water partition coefficient (Wildman–Crippen LogP) is 1.63. The Morgan fingerprint density at radius 3 is 2.94 bits per heavy atom. The van der Waals surface area contributed by atoms with Gasteiger partial charge in [0.2, 0.25) is 0 Å². The van der Waals surface area contributed by atoms with Gasteiger partial charge in [0.25, 0.3) is 0 Å². The molecular weight excluding hydrogens is 200 g/mol. The van der Waals surface area contributed by atoms with Crippen molar-refractivity contribution < 1.29 is 4.74 Å². The van der Waals surface area contributed by atoms with Crippen LogP contribution < -0.4 is 5.32 Å². The number of likely N-dealkylation sites (tertiary alicyclic amines) is 1. The van der Waals surface area contributed by atoms with Gasteiger partial charge in [0.15, 0.2) is 0 Å².